The van der Waals surface area contributed by atoms with E-state index in [0.717, 1.165) is 13.2 Å². The molecule has 1 aliphatic heterocycles. The molecular weight excluding hydrogens is 156 g/mol. The van der Waals surface area contributed by atoms with Crippen molar-refractivity contribution in [2.24, 2.45) is 11.5 Å². The molecule has 0 saturated carbocycles. The topological polar surface area (TPSA) is 78.3 Å². The van der Waals surface area contributed by atoms with Crippen LogP contribution in [0.25, 0.3) is 0 Å². The largest absolute Gasteiger partial charge is 0.381 e. The molecule has 0 bridgehead atoms. The van der Waals surface area contributed by atoms with E-state index in [1.165, 1.54) is 12.8 Å². The van der Waals surface area contributed by atoms with Gasteiger partial charge < -0.3 is 21.0 Å². The minimum absolute atomic E-state index is 0.356. The summed E-state index contributed by atoms with van der Waals surface area (Å²) in [4.78, 5) is 9.71. The first-order chi connectivity index (χ1) is 5.81. The molecule has 72 valence electrons. The van der Waals surface area contributed by atoms with Crippen LogP contribution in [-0.4, -0.2) is 32.1 Å². The van der Waals surface area contributed by atoms with Crippen LogP contribution in [0, 0.1) is 0 Å². The van der Waals surface area contributed by atoms with Gasteiger partial charge in [-0.05, 0) is 25.8 Å². The maximum Gasteiger partial charge on any atom is 0.136 e. The number of ether oxygens (including phenoxy) is 1. The van der Waals surface area contributed by atoms with Gasteiger partial charge in [-0.25, -0.2) is 0 Å². The van der Waals surface area contributed by atoms with Gasteiger partial charge in [0.15, 0.2) is 0 Å². The van der Waals surface area contributed by atoms with Gasteiger partial charge in [-0.2, -0.15) is 0 Å². The van der Waals surface area contributed by atoms with E-state index in [0.29, 0.717) is 19.3 Å². The molecule has 0 aromatic carbocycles. The van der Waals surface area contributed by atoms with E-state index >= 15 is 0 Å². The third-order valence-corrected chi connectivity index (χ3v) is 1.50. The summed E-state index contributed by atoms with van der Waals surface area (Å²) >= 11 is 0. The first-order valence-corrected chi connectivity index (χ1v) is 4.30. The number of aldehydes is 1. The summed E-state index contributed by atoms with van der Waals surface area (Å²) in [5.74, 6) is 0. The van der Waals surface area contributed by atoms with Crippen molar-refractivity contribution in [3.05, 3.63) is 0 Å². The van der Waals surface area contributed by atoms with Crippen LogP contribution < -0.4 is 11.5 Å². The molecule has 1 unspecified atom stereocenters. The Balaban J connectivity index is 0.000000211. The van der Waals surface area contributed by atoms with E-state index in [2.05, 4.69) is 0 Å². The average molecular weight is 174 g/mol. The van der Waals surface area contributed by atoms with Crippen LogP contribution in [0.3, 0.4) is 0 Å². The molecule has 0 aromatic heterocycles. The van der Waals surface area contributed by atoms with E-state index in [4.69, 9.17) is 16.2 Å². The van der Waals surface area contributed by atoms with E-state index < -0.39 is 0 Å². The fraction of sp³-hybridized carbons (Fsp3) is 0.875. The quantitative estimate of drug-likeness (QED) is 0.574. The molecule has 12 heavy (non-hydrogen) atoms. The second kappa shape index (κ2) is 8.64. The van der Waals surface area contributed by atoms with Crippen LogP contribution in [0.15, 0.2) is 0 Å². The molecule has 0 radical (unpaired) electrons. The van der Waals surface area contributed by atoms with Crippen molar-refractivity contribution < 1.29 is 9.53 Å². The van der Waals surface area contributed by atoms with Crippen molar-refractivity contribution in [3.63, 3.8) is 0 Å². The van der Waals surface area contributed by atoms with Gasteiger partial charge in [-0.3, -0.25) is 0 Å². The summed E-state index contributed by atoms with van der Waals surface area (Å²) in [5, 5.41) is 0. The number of rotatable bonds is 3. The zero-order valence-corrected chi connectivity index (χ0v) is 7.37. The molecule has 1 aliphatic rings. The van der Waals surface area contributed by atoms with E-state index in [-0.39, 0.29) is 6.04 Å². The molecule has 4 nitrogen and oxygen atoms in total. The minimum atomic E-state index is -0.356. The van der Waals surface area contributed by atoms with Crippen molar-refractivity contribution in [1.82, 2.24) is 0 Å². The van der Waals surface area contributed by atoms with E-state index in [9.17, 15) is 4.79 Å². The van der Waals surface area contributed by atoms with Gasteiger partial charge in [0, 0.05) is 13.2 Å². The highest BCUT2D eigenvalue weighted by Crippen LogP contribution is 1.98. The average Bonchev–Trinajstić information content (AvgIpc) is 2.62. The Morgan fingerprint density at radius 2 is 2.00 bits per heavy atom. The first-order valence-electron chi connectivity index (χ1n) is 4.30. The van der Waals surface area contributed by atoms with Crippen LogP contribution in [0.5, 0.6) is 0 Å². The molecule has 1 atom stereocenters. The number of carbonyl (C=O) groups excluding carboxylic acids is 1. The molecular formula is C8H18N2O2. The predicted molar refractivity (Wildman–Crippen MR) is 47.8 cm³/mol. The van der Waals surface area contributed by atoms with Crippen molar-refractivity contribution in [2.75, 3.05) is 19.8 Å². The fourth-order valence-corrected chi connectivity index (χ4v) is 0.771. The number of nitrogens with two attached hydrogens (primary N) is 2. The summed E-state index contributed by atoms with van der Waals surface area (Å²) in [7, 11) is 0. The predicted octanol–water partition coefficient (Wildman–Crippen LogP) is -0.342. The molecule has 0 spiro atoms. The lowest BCUT2D eigenvalue weighted by Crippen LogP contribution is -2.24. The van der Waals surface area contributed by atoms with Gasteiger partial charge in [0.05, 0.1) is 6.04 Å². The maximum absolute atomic E-state index is 9.71. The SMILES string of the molecule is C1CCOC1.NCCC(N)C=O. The monoisotopic (exact) mass is 174 g/mol. The molecule has 1 saturated heterocycles. The van der Waals surface area contributed by atoms with Gasteiger partial charge >= 0.3 is 0 Å². The van der Waals surface area contributed by atoms with Crippen LogP contribution in [0.2, 0.25) is 0 Å². The molecule has 0 amide bonds. The van der Waals surface area contributed by atoms with Gasteiger partial charge in [-0.1, -0.05) is 0 Å². The van der Waals surface area contributed by atoms with E-state index in [1.54, 1.807) is 0 Å². The van der Waals surface area contributed by atoms with Crippen molar-refractivity contribution in [1.29, 1.82) is 0 Å². The van der Waals surface area contributed by atoms with Crippen molar-refractivity contribution in [2.45, 2.75) is 25.3 Å². The standard InChI is InChI=1S/C4H10N2O.C4H8O/c5-2-1-4(6)3-7;1-2-4-5-3-1/h3-4H,1-2,5-6H2;1-4H2. The Kier molecular flexibility index (Phi) is 8.32. The zero-order valence-electron chi connectivity index (χ0n) is 7.37. The molecule has 4 heteroatoms. The molecule has 1 fully saturated rings. The zero-order chi connectivity index (χ0) is 9.23. The maximum atomic E-state index is 9.71. The highest BCUT2D eigenvalue weighted by molar-refractivity contribution is 5.56. The summed E-state index contributed by atoms with van der Waals surface area (Å²) in [5.41, 5.74) is 10.2. The first kappa shape index (κ1) is 11.6. The van der Waals surface area contributed by atoms with Crippen molar-refractivity contribution in [3.8, 4) is 0 Å². The smallest absolute Gasteiger partial charge is 0.136 e. The lowest BCUT2D eigenvalue weighted by Gasteiger charge is -1.95. The molecule has 1 heterocycles. The highest BCUT2D eigenvalue weighted by atomic mass is 16.5. The molecule has 0 aromatic rings. The van der Waals surface area contributed by atoms with Gasteiger partial charge in [0.2, 0.25) is 0 Å². The summed E-state index contributed by atoms with van der Waals surface area (Å²) in [6.45, 7) is 2.49. The van der Waals surface area contributed by atoms with Crippen LogP contribution in [0.4, 0.5) is 0 Å². The highest BCUT2D eigenvalue weighted by Gasteiger charge is 1.94. The molecule has 0 aliphatic carbocycles. The Labute approximate surface area is 73.2 Å². The Morgan fingerprint density at radius 1 is 1.42 bits per heavy atom. The van der Waals surface area contributed by atoms with Crippen LogP contribution in [-0.2, 0) is 9.53 Å². The van der Waals surface area contributed by atoms with E-state index in [1.807, 2.05) is 0 Å². The normalized spacial score (nSPS) is 17.8. The third kappa shape index (κ3) is 7.65. The van der Waals surface area contributed by atoms with Crippen molar-refractivity contribution >= 4 is 6.29 Å². The molecule has 4 N–H and O–H groups in total. The van der Waals surface area contributed by atoms with Gasteiger partial charge in [-0.15, -0.1) is 0 Å². The minimum Gasteiger partial charge on any atom is -0.381 e. The number of hydrogen-bond donors (Lipinski definition) is 2. The van der Waals surface area contributed by atoms with Gasteiger partial charge in [0.1, 0.15) is 6.29 Å². The lowest BCUT2D eigenvalue weighted by atomic mass is 10.2. The van der Waals surface area contributed by atoms with Crippen LogP contribution in [0.1, 0.15) is 19.3 Å². The molecule has 1 rings (SSSR count). The Hall–Kier alpha value is -0.450. The third-order valence-electron chi connectivity index (χ3n) is 1.50. The Bertz CT molecular complexity index is 97.6. The van der Waals surface area contributed by atoms with Gasteiger partial charge in [0.25, 0.3) is 0 Å². The summed E-state index contributed by atoms with van der Waals surface area (Å²) in [6.07, 6.45) is 3.84. The summed E-state index contributed by atoms with van der Waals surface area (Å²) < 4.78 is 4.94. The number of hydrogen-bond acceptors (Lipinski definition) is 4. The summed E-state index contributed by atoms with van der Waals surface area (Å²) in [6, 6.07) is -0.356. The number of carbonyl (C=O) groups is 1. The second-order valence-electron chi connectivity index (χ2n) is 2.70. The fourth-order valence-electron chi connectivity index (χ4n) is 0.771. The second-order valence-corrected chi connectivity index (χ2v) is 2.70. The Morgan fingerprint density at radius 3 is 2.17 bits per heavy atom. The van der Waals surface area contributed by atoms with Crippen LogP contribution >= 0.6 is 0 Å². The lowest BCUT2D eigenvalue weighted by molar-refractivity contribution is -0.108.